The van der Waals surface area contributed by atoms with Crippen LogP contribution in [0.3, 0.4) is 0 Å². The van der Waals surface area contributed by atoms with E-state index in [-0.39, 0.29) is 23.9 Å². The lowest BCUT2D eigenvalue weighted by Crippen LogP contribution is -2.17. The minimum atomic E-state index is -0.531. The molecule has 0 fully saturated rings. The number of rotatable bonds is 5. The summed E-state index contributed by atoms with van der Waals surface area (Å²) in [5, 5.41) is 14.1. The number of carbonyl (C=O) groups excluding carboxylic acids is 1. The number of Topliss-reactive ketones (excluding diaryl/α,β-unsaturated/α-hetero) is 1. The molecule has 1 atom stereocenters. The van der Waals surface area contributed by atoms with Crippen LogP contribution in [0, 0.1) is 16.0 Å². The Bertz CT molecular complexity index is 372. The molecule has 0 bridgehead atoms. The predicted molar refractivity (Wildman–Crippen MR) is 53.3 cm³/mol. The summed E-state index contributed by atoms with van der Waals surface area (Å²) in [7, 11) is 0. The molecule has 82 valence electrons. The Kier molecular flexibility index (Phi) is 3.54. The summed E-state index contributed by atoms with van der Waals surface area (Å²) in [6, 6.07) is 0. The van der Waals surface area contributed by atoms with Gasteiger partial charge in [0, 0.05) is 5.92 Å². The van der Waals surface area contributed by atoms with Gasteiger partial charge in [0.15, 0.2) is 5.78 Å². The van der Waals surface area contributed by atoms with Crippen molar-refractivity contribution in [2.75, 3.05) is 0 Å². The average molecular weight is 211 g/mol. The smallest absolute Gasteiger partial charge is 0.297 e. The van der Waals surface area contributed by atoms with Crippen molar-refractivity contribution in [2.45, 2.75) is 26.8 Å². The lowest BCUT2D eigenvalue weighted by Gasteiger charge is -2.06. The number of carbonyl (C=O) groups is 1. The molecule has 6 nitrogen and oxygen atoms in total. The van der Waals surface area contributed by atoms with Crippen LogP contribution < -0.4 is 0 Å². The van der Waals surface area contributed by atoms with E-state index in [9.17, 15) is 14.9 Å². The van der Waals surface area contributed by atoms with Gasteiger partial charge < -0.3 is 0 Å². The Labute approximate surface area is 87.0 Å². The highest BCUT2D eigenvalue weighted by Gasteiger charge is 2.14. The Morgan fingerprint density at radius 3 is 2.87 bits per heavy atom. The number of aromatic nitrogens is 2. The quantitative estimate of drug-likeness (QED) is 0.544. The maximum Gasteiger partial charge on any atom is 0.307 e. The number of nitro groups is 1. The molecule has 0 saturated heterocycles. The topological polar surface area (TPSA) is 78.0 Å². The Hall–Kier alpha value is -1.72. The summed E-state index contributed by atoms with van der Waals surface area (Å²) < 4.78 is 1.30. The molecule has 1 aromatic heterocycles. The Balaban J connectivity index is 2.65. The molecular weight excluding hydrogens is 198 g/mol. The SMILES string of the molecule is CCC(C)C(=O)Cn1cc([N+](=O)[O-])cn1. The van der Waals surface area contributed by atoms with Gasteiger partial charge in [0.2, 0.25) is 0 Å². The Morgan fingerprint density at radius 2 is 2.40 bits per heavy atom. The zero-order valence-electron chi connectivity index (χ0n) is 8.71. The van der Waals surface area contributed by atoms with E-state index in [1.54, 1.807) is 0 Å². The van der Waals surface area contributed by atoms with Crippen molar-refractivity contribution in [3.05, 3.63) is 22.5 Å². The van der Waals surface area contributed by atoms with Crippen molar-refractivity contribution in [1.29, 1.82) is 0 Å². The highest BCUT2D eigenvalue weighted by molar-refractivity contribution is 5.80. The largest absolute Gasteiger partial charge is 0.307 e. The molecule has 0 radical (unpaired) electrons. The molecule has 0 aliphatic rings. The van der Waals surface area contributed by atoms with Crippen molar-refractivity contribution in [3.8, 4) is 0 Å². The first kappa shape index (κ1) is 11.4. The van der Waals surface area contributed by atoms with Crippen molar-refractivity contribution in [2.24, 2.45) is 5.92 Å². The predicted octanol–water partition coefficient (Wildman–Crippen LogP) is 1.41. The second-order valence-corrected chi connectivity index (χ2v) is 3.43. The minimum absolute atomic E-state index is 0.0340. The number of nitrogens with zero attached hydrogens (tertiary/aromatic N) is 3. The fourth-order valence-electron chi connectivity index (χ4n) is 1.08. The summed E-state index contributed by atoms with van der Waals surface area (Å²) in [4.78, 5) is 21.3. The van der Waals surface area contributed by atoms with Crippen molar-refractivity contribution >= 4 is 11.5 Å². The van der Waals surface area contributed by atoms with Crippen LogP contribution in [0.4, 0.5) is 5.69 Å². The van der Waals surface area contributed by atoms with E-state index < -0.39 is 4.92 Å². The first-order valence-corrected chi connectivity index (χ1v) is 4.74. The number of hydrogen-bond acceptors (Lipinski definition) is 4. The molecule has 1 rings (SSSR count). The summed E-state index contributed by atoms with van der Waals surface area (Å²) >= 11 is 0. The van der Waals surface area contributed by atoms with Crippen LogP contribution in [0.15, 0.2) is 12.4 Å². The molecular formula is C9H13N3O3. The summed E-state index contributed by atoms with van der Waals surface area (Å²) in [5.74, 6) is 0.00348. The molecule has 1 unspecified atom stereocenters. The molecule has 0 N–H and O–H groups in total. The summed E-state index contributed by atoms with van der Waals surface area (Å²) in [6.45, 7) is 3.86. The third kappa shape index (κ3) is 2.87. The van der Waals surface area contributed by atoms with E-state index in [0.29, 0.717) is 0 Å². The molecule has 15 heavy (non-hydrogen) atoms. The first-order chi connectivity index (χ1) is 7.04. The average Bonchev–Trinajstić information content (AvgIpc) is 2.65. The second kappa shape index (κ2) is 4.68. The lowest BCUT2D eigenvalue weighted by molar-refractivity contribution is -0.385. The zero-order valence-corrected chi connectivity index (χ0v) is 8.71. The van der Waals surface area contributed by atoms with E-state index in [1.807, 2.05) is 13.8 Å². The fourth-order valence-corrected chi connectivity index (χ4v) is 1.08. The van der Waals surface area contributed by atoms with Crippen molar-refractivity contribution < 1.29 is 9.72 Å². The van der Waals surface area contributed by atoms with Gasteiger partial charge in [-0.2, -0.15) is 5.10 Å². The lowest BCUT2D eigenvalue weighted by atomic mass is 10.0. The highest BCUT2D eigenvalue weighted by Crippen LogP contribution is 2.09. The van der Waals surface area contributed by atoms with E-state index in [2.05, 4.69) is 5.10 Å². The summed E-state index contributed by atoms with van der Waals surface area (Å²) in [5.41, 5.74) is -0.0908. The second-order valence-electron chi connectivity index (χ2n) is 3.43. The van der Waals surface area contributed by atoms with Gasteiger partial charge in [0.05, 0.1) is 4.92 Å². The molecule has 1 aromatic rings. The van der Waals surface area contributed by atoms with Gasteiger partial charge in [-0.05, 0) is 6.42 Å². The molecule has 0 aliphatic heterocycles. The minimum Gasteiger partial charge on any atom is -0.297 e. The summed E-state index contributed by atoms with van der Waals surface area (Å²) in [6.07, 6.45) is 3.17. The van der Waals surface area contributed by atoms with Gasteiger partial charge >= 0.3 is 5.69 Å². The van der Waals surface area contributed by atoms with Crippen LogP contribution in [-0.4, -0.2) is 20.5 Å². The van der Waals surface area contributed by atoms with E-state index in [4.69, 9.17) is 0 Å². The molecule has 1 heterocycles. The van der Waals surface area contributed by atoms with Gasteiger partial charge in [0.1, 0.15) is 18.9 Å². The van der Waals surface area contributed by atoms with Gasteiger partial charge in [-0.3, -0.25) is 19.6 Å². The first-order valence-electron chi connectivity index (χ1n) is 4.74. The maximum atomic E-state index is 11.5. The van der Waals surface area contributed by atoms with Crippen LogP contribution in [0.2, 0.25) is 0 Å². The number of hydrogen-bond donors (Lipinski definition) is 0. The Morgan fingerprint density at radius 1 is 1.73 bits per heavy atom. The van der Waals surface area contributed by atoms with Crippen LogP contribution in [0.25, 0.3) is 0 Å². The standard InChI is InChI=1S/C9H13N3O3/c1-3-7(2)9(13)6-11-5-8(4-10-11)12(14)15/h4-5,7H,3,6H2,1-2H3. The van der Waals surface area contributed by atoms with E-state index in [0.717, 1.165) is 12.6 Å². The van der Waals surface area contributed by atoms with E-state index in [1.165, 1.54) is 10.9 Å². The number of ketones is 1. The monoisotopic (exact) mass is 211 g/mol. The zero-order chi connectivity index (χ0) is 11.4. The molecule has 0 amide bonds. The molecule has 0 aromatic carbocycles. The molecule has 0 saturated carbocycles. The van der Waals surface area contributed by atoms with Crippen molar-refractivity contribution in [1.82, 2.24) is 9.78 Å². The normalized spacial score (nSPS) is 12.4. The van der Waals surface area contributed by atoms with Crippen LogP contribution in [0.5, 0.6) is 0 Å². The fraction of sp³-hybridized carbons (Fsp3) is 0.556. The third-order valence-electron chi connectivity index (χ3n) is 2.31. The van der Waals surface area contributed by atoms with E-state index >= 15 is 0 Å². The van der Waals surface area contributed by atoms with Crippen LogP contribution >= 0.6 is 0 Å². The van der Waals surface area contributed by atoms with Crippen molar-refractivity contribution in [3.63, 3.8) is 0 Å². The van der Waals surface area contributed by atoms with Gasteiger partial charge in [-0.1, -0.05) is 13.8 Å². The third-order valence-corrected chi connectivity index (χ3v) is 2.31. The molecule has 0 aliphatic carbocycles. The highest BCUT2D eigenvalue weighted by atomic mass is 16.6. The van der Waals surface area contributed by atoms with Crippen LogP contribution in [-0.2, 0) is 11.3 Å². The maximum absolute atomic E-state index is 11.5. The molecule has 0 spiro atoms. The van der Waals surface area contributed by atoms with Gasteiger partial charge in [0.25, 0.3) is 0 Å². The van der Waals surface area contributed by atoms with Crippen LogP contribution in [0.1, 0.15) is 20.3 Å². The van der Waals surface area contributed by atoms with Gasteiger partial charge in [-0.15, -0.1) is 0 Å². The molecule has 6 heteroatoms. The van der Waals surface area contributed by atoms with Gasteiger partial charge in [-0.25, -0.2) is 0 Å².